The number of likely N-dealkylation sites (tertiary alicyclic amines) is 1. The van der Waals surface area contributed by atoms with E-state index in [2.05, 4.69) is 29.4 Å². The van der Waals surface area contributed by atoms with Gasteiger partial charge in [0.1, 0.15) is 17.6 Å². The highest BCUT2D eigenvalue weighted by Gasteiger charge is 2.18. The molecule has 1 aliphatic rings. The molecule has 2 N–H and O–H groups in total. The van der Waals surface area contributed by atoms with Gasteiger partial charge in [-0.05, 0) is 57.8 Å². The molecular formula is C21H36N4O2. The lowest BCUT2D eigenvalue weighted by molar-refractivity contribution is 0.183. The lowest BCUT2D eigenvalue weighted by Crippen LogP contribution is -2.44. The van der Waals surface area contributed by atoms with Crippen molar-refractivity contribution in [1.82, 2.24) is 15.5 Å². The van der Waals surface area contributed by atoms with Crippen LogP contribution < -0.4 is 20.1 Å². The number of ether oxygens (including phenoxy) is 2. The zero-order chi connectivity index (χ0) is 19.5. The van der Waals surface area contributed by atoms with Gasteiger partial charge in [0, 0.05) is 25.7 Å². The molecule has 0 bridgehead atoms. The SMILES string of the molecule is CCNC(=NCC(C)Oc1cccc(OC)c1)NCC1CCCN(CC)C1. The van der Waals surface area contributed by atoms with E-state index in [-0.39, 0.29) is 6.10 Å². The van der Waals surface area contributed by atoms with Gasteiger partial charge in [-0.25, -0.2) is 4.99 Å². The number of piperidine rings is 1. The summed E-state index contributed by atoms with van der Waals surface area (Å²) >= 11 is 0. The summed E-state index contributed by atoms with van der Waals surface area (Å²) in [5, 5.41) is 6.84. The molecule has 2 unspecified atom stereocenters. The van der Waals surface area contributed by atoms with Crippen LogP contribution in [-0.4, -0.2) is 63.3 Å². The predicted molar refractivity (Wildman–Crippen MR) is 112 cm³/mol. The topological polar surface area (TPSA) is 58.1 Å². The maximum absolute atomic E-state index is 5.96. The fraction of sp³-hybridized carbons (Fsp3) is 0.667. The third-order valence-corrected chi connectivity index (χ3v) is 4.84. The molecule has 1 fully saturated rings. The molecule has 2 rings (SSSR count). The van der Waals surface area contributed by atoms with Gasteiger partial charge in [-0.15, -0.1) is 0 Å². The van der Waals surface area contributed by atoms with Crippen molar-refractivity contribution in [3.63, 3.8) is 0 Å². The Kier molecular flexibility index (Phi) is 9.25. The van der Waals surface area contributed by atoms with Gasteiger partial charge in [0.2, 0.25) is 0 Å². The summed E-state index contributed by atoms with van der Waals surface area (Å²) in [4.78, 5) is 7.23. The van der Waals surface area contributed by atoms with Crippen molar-refractivity contribution in [2.75, 3.05) is 46.4 Å². The van der Waals surface area contributed by atoms with Crippen molar-refractivity contribution in [3.8, 4) is 11.5 Å². The Hall–Kier alpha value is -1.95. The van der Waals surface area contributed by atoms with E-state index in [0.717, 1.165) is 37.1 Å². The van der Waals surface area contributed by atoms with Crippen LogP contribution in [0.15, 0.2) is 29.3 Å². The van der Waals surface area contributed by atoms with Crippen molar-refractivity contribution in [1.29, 1.82) is 0 Å². The first kappa shape index (κ1) is 21.4. The van der Waals surface area contributed by atoms with Gasteiger partial charge in [0.25, 0.3) is 0 Å². The Morgan fingerprint density at radius 1 is 1.30 bits per heavy atom. The number of rotatable bonds is 9. The van der Waals surface area contributed by atoms with E-state index < -0.39 is 0 Å². The van der Waals surface area contributed by atoms with Crippen molar-refractivity contribution in [3.05, 3.63) is 24.3 Å². The molecule has 0 amide bonds. The fourth-order valence-corrected chi connectivity index (χ4v) is 3.35. The molecule has 6 nitrogen and oxygen atoms in total. The molecule has 0 spiro atoms. The quantitative estimate of drug-likeness (QED) is 0.513. The Bertz CT molecular complexity index is 579. The first-order chi connectivity index (χ1) is 13.1. The van der Waals surface area contributed by atoms with Gasteiger partial charge in [0.05, 0.1) is 13.7 Å². The summed E-state index contributed by atoms with van der Waals surface area (Å²) in [5.74, 6) is 3.16. The lowest BCUT2D eigenvalue weighted by Gasteiger charge is -2.32. The van der Waals surface area contributed by atoms with Gasteiger partial charge < -0.3 is 25.0 Å². The van der Waals surface area contributed by atoms with Crippen LogP contribution in [0.5, 0.6) is 11.5 Å². The third kappa shape index (κ3) is 7.67. The normalized spacial score (nSPS) is 19.4. The minimum atomic E-state index is -0.0159. The van der Waals surface area contributed by atoms with Crippen LogP contribution in [0, 0.1) is 5.92 Å². The third-order valence-electron chi connectivity index (χ3n) is 4.84. The maximum atomic E-state index is 5.96. The van der Waals surface area contributed by atoms with E-state index in [1.165, 1.54) is 25.9 Å². The Morgan fingerprint density at radius 2 is 2.11 bits per heavy atom. The lowest BCUT2D eigenvalue weighted by atomic mass is 9.98. The predicted octanol–water partition coefficient (Wildman–Crippen LogP) is 2.75. The summed E-state index contributed by atoms with van der Waals surface area (Å²) in [6.07, 6.45) is 2.56. The first-order valence-electron chi connectivity index (χ1n) is 10.2. The number of hydrogen-bond acceptors (Lipinski definition) is 4. The van der Waals surface area contributed by atoms with Crippen molar-refractivity contribution in [2.45, 2.75) is 39.7 Å². The molecule has 0 aromatic heterocycles. The fourth-order valence-electron chi connectivity index (χ4n) is 3.35. The summed E-state index contributed by atoms with van der Waals surface area (Å²) in [6.45, 7) is 12.3. The number of benzene rings is 1. The van der Waals surface area contributed by atoms with Crippen LogP contribution in [0.2, 0.25) is 0 Å². The van der Waals surface area contributed by atoms with Crippen LogP contribution >= 0.6 is 0 Å². The van der Waals surface area contributed by atoms with E-state index in [1.807, 2.05) is 31.2 Å². The van der Waals surface area contributed by atoms with Crippen molar-refractivity contribution in [2.24, 2.45) is 10.9 Å². The average molecular weight is 377 g/mol. The number of aliphatic imine (C=N–C) groups is 1. The largest absolute Gasteiger partial charge is 0.497 e. The summed E-state index contributed by atoms with van der Waals surface area (Å²) < 4.78 is 11.2. The number of nitrogens with one attached hydrogen (secondary N) is 2. The highest BCUT2D eigenvalue weighted by atomic mass is 16.5. The number of guanidine groups is 1. The summed E-state index contributed by atoms with van der Waals surface area (Å²) in [5.41, 5.74) is 0. The van der Waals surface area contributed by atoms with Gasteiger partial charge in [-0.3, -0.25) is 0 Å². The van der Waals surface area contributed by atoms with Crippen LogP contribution in [0.25, 0.3) is 0 Å². The summed E-state index contributed by atoms with van der Waals surface area (Å²) in [6, 6.07) is 7.67. The molecule has 27 heavy (non-hydrogen) atoms. The molecular weight excluding hydrogens is 340 g/mol. The van der Waals surface area contributed by atoms with Crippen molar-refractivity contribution < 1.29 is 9.47 Å². The van der Waals surface area contributed by atoms with E-state index in [4.69, 9.17) is 14.5 Å². The Balaban J connectivity index is 1.82. The van der Waals surface area contributed by atoms with Crippen LogP contribution in [0.1, 0.15) is 33.6 Å². The molecule has 0 saturated carbocycles. The van der Waals surface area contributed by atoms with Crippen LogP contribution in [0.3, 0.4) is 0 Å². The highest BCUT2D eigenvalue weighted by molar-refractivity contribution is 5.79. The first-order valence-corrected chi connectivity index (χ1v) is 10.2. The monoisotopic (exact) mass is 376 g/mol. The molecule has 0 radical (unpaired) electrons. The van der Waals surface area contributed by atoms with E-state index in [1.54, 1.807) is 7.11 Å². The molecule has 1 aromatic rings. The molecule has 152 valence electrons. The smallest absolute Gasteiger partial charge is 0.191 e. The van der Waals surface area contributed by atoms with E-state index in [0.29, 0.717) is 12.5 Å². The summed E-state index contributed by atoms with van der Waals surface area (Å²) in [7, 11) is 1.66. The van der Waals surface area contributed by atoms with Gasteiger partial charge in [-0.2, -0.15) is 0 Å². The molecule has 6 heteroatoms. The molecule has 1 aliphatic heterocycles. The van der Waals surface area contributed by atoms with E-state index >= 15 is 0 Å². The molecule has 2 atom stereocenters. The number of nitrogens with zero attached hydrogens (tertiary/aromatic N) is 2. The van der Waals surface area contributed by atoms with Gasteiger partial charge >= 0.3 is 0 Å². The highest BCUT2D eigenvalue weighted by Crippen LogP contribution is 2.20. The number of methoxy groups -OCH3 is 1. The second-order valence-electron chi connectivity index (χ2n) is 7.11. The zero-order valence-electron chi connectivity index (χ0n) is 17.3. The minimum absolute atomic E-state index is 0.0159. The minimum Gasteiger partial charge on any atom is -0.497 e. The Morgan fingerprint density at radius 3 is 2.85 bits per heavy atom. The Labute approximate surface area is 164 Å². The molecule has 0 aliphatic carbocycles. The van der Waals surface area contributed by atoms with E-state index in [9.17, 15) is 0 Å². The second kappa shape index (κ2) is 11.7. The zero-order valence-corrected chi connectivity index (χ0v) is 17.3. The molecule has 1 heterocycles. The molecule has 1 saturated heterocycles. The van der Waals surface area contributed by atoms with Crippen LogP contribution in [-0.2, 0) is 0 Å². The second-order valence-corrected chi connectivity index (χ2v) is 7.11. The van der Waals surface area contributed by atoms with Gasteiger partial charge in [0.15, 0.2) is 5.96 Å². The maximum Gasteiger partial charge on any atom is 0.191 e. The van der Waals surface area contributed by atoms with Gasteiger partial charge in [-0.1, -0.05) is 13.0 Å². The van der Waals surface area contributed by atoms with Crippen LogP contribution in [0.4, 0.5) is 0 Å². The average Bonchev–Trinajstić information content (AvgIpc) is 2.70. The number of hydrogen-bond donors (Lipinski definition) is 2. The van der Waals surface area contributed by atoms with Crippen molar-refractivity contribution >= 4 is 5.96 Å². The molecule has 1 aromatic carbocycles. The standard InChI is InChI=1S/C21H36N4O2/c1-5-22-21(24-15-18-9-8-12-25(6-2)16-18)23-14-17(3)27-20-11-7-10-19(13-20)26-4/h7,10-11,13,17-18H,5-6,8-9,12,14-16H2,1-4H3,(H2,22,23,24).